The molecule has 3 heteroatoms. The van der Waals surface area contributed by atoms with E-state index in [1.165, 1.54) is 109 Å². The maximum Gasteiger partial charge on any atom is 0.165 e. The van der Waals surface area contributed by atoms with Gasteiger partial charge in [0, 0.05) is 11.9 Å². The number of unbranched alkanes of at least 4 members (excludes halogenated alkanes) is 16. The summed E-state index contributed by atoms with van der Waals surface area (Å²) in [4.78, 5) is 4.54. The van der Waals surface area contributed by atoms with Crippen molar-refractivity contribution in [2.45, 2.75) is 148 Å². The first kappa shape index (κ1) is 32.3. The van der Waals surface area contributed by atoms with E-state index in [1.54, 1.807) is 6.07 Å². The SMILES string of the molecule is CCCCCCCCCCCCOc1ccc(C(CCCCCCCCCC)Cc2ccccn2)cc1F. The number of nitrogens with zero attached hydrogens (tertiary/aromatic N) is 1. The van der Waals surface area contributed by atoms with E-state index in [0.29, 0.717) is 12.4 Å². The predicted molar refractivity (Wildman–Crippen MR) is 162 cm³/mol. The summed E-state index contributed by atoms with van der Waals surface area (Å²) in [5.41, 5.74) is 2.15. The molecule has 0 aliphatic carbocycles. The van der Waals surface area contributed by atoms with E-state index in [0.717, 1.165) is 30.5 Å². The van der Waals surface area contributed by atoms with Crippen LogP contribution in [0.1, 0.15) is 153 Å². The molecule has 2 aromatic rings. The molecule has 0 aliphatic rings. The maximum atomic E-state index is 15.0. The number of pyridine rings is 1. The van der Waals surface area contributed by atoms with Gasteiger partial charge < -0.3 is 4.74 Å². The Bertz CT molecular complexity index is 809. The van der Waals surface area contributed by atoms with Gasteiger partial charge in [0.05, 0.1) is 6.61 Å². The molecule has 2 rings (SSSR count). The molecule has 1 aromatic carbocycles. The van der Waals surface area contributed by atoms with Crippen LogP contribution in [0.15, 0.2) is 42.6 Å². The number of hydrogen-bond donors (Lipinski definition) is 0. The fourth-order valence-corrected chi connectivity index (χ4v) is 5.34. The van der Waals surface area contributed by atoms with Crippen LogP contribution in [0.25, 0.3) is 0 Å². The molecule has 0 spiro atoms. The minimum atomic E-state index is -0.225. The fourth-order valence-electron chi connectivity index (χ4n) is 5.34. The number of ether oxygens (including phenoxy) is 1. The Morgan fingerprint density at radius 2 is 1.26 bits per heavy atom. The Morgan fingerprint density at radius 3 is 1.82 bits per heavy atom. The molecule has 0 saturated carbocycles. The molecule has 214 valence electrons. The van der Waals surface area contributed by atoms with Gasteiger partial charge in [-0.05, 0) is 55.0 Å². The van der Waals surface area contributed by atoms with Crippen LogP contribution in [-0.2, 0) is 6.42 Å². The van der Waals surface area contributed by atoms with Crippen LogP contribution in [0.4, 0.5) is 4.39 Å². The van der Waals surface area contributed by atoms with E-state index in [-0.39, 0.29) is 11.7 Å². The second-order valence-electron chi connectivity index (χ2n) is 11.2. The second kappa shape index (κ2) is 22.0. The van der Waals surface area contributed by atoms with Crippen molar-refractivity contribution in [3.8, 4) is 5.75 Å². The van der Waals surface area contributed by atoms with Crippen molar-refractivity contribution in [2.75, 3.05) is 6.61 Å². The molecule has 1 atom stereocenters. The van der Waals surface area contributed by atoms with Crippen molar-refractivity contribution in [3.05, 3.63) is 59.7 Å². The number of aromatic nitrogens is 1. The molecule has 1 unspecified atom stereocenters. The molecule has 38 heavy (non-hydrogen) atoms. The Morgan fingerprint density at radius 1 is 0.684 bits per heavy atom. The van der Waals surface area contributed by atoms with Crippen LogP contribution in [0.5, 0.6) is 5.75 Å². The Hall–Kier alpha value is -1.90. The smallest absolute Gasteiger partial charge is 0.165 e. The van der Waals surface area contributed by atoms with E-state index in [4.69, 9.17) is 4.74 Å². The topological polar surface area (TPSA) is 22.1 Å². The van der Waals surface area contributed by atoms with Crippen LogP contribution in [0.3, 0.4) is 0 Å². The summed E-state index contributed by atoms with van der Waals surface area (Å²) >= 11 is 0. The highest BCUT2D eigenvalue weighted by molar-refractivity contribution is 5.32. The summed E-state index contributed by atoms with van der Waals surface area (Å²) in [5, 5.41) is 0. The van der Waals surface area contributed by atoms with Gasteiger partial charge in [0.15, 0.2) is 11.6 Å². The molecule has 0 radical (unpaired) electrons. The van der Waals surface area contributed by atoms with Gasteiger partial charge in [0.25, 0.3) is 0 Å². The van der Waals surface area contributed by atoms with E-state index in [2.05, 4.69) is 31.0 Å². The van der Waals surface area contributed by atoms with Gasteiger partial charge in [-0.2, -0.15) is 0 Å². The monoisotopic (exact) mass is 525 g/mol. The lowest BCUT2D eigenvalue weighted by Gasteiger charge is -2.18. The van der Waals surface area contributed by atoms with Gasteiger partial charge in [-0.25, -0.2) is 4.39 Å². The molecule has 1 aromatic heterocycles. The summed E-state index contributed by atoms with van der Waals surface area (Å²) in [6.07, 6.45) is 27.2. The zero-order chi connectivity index (χ0) is 27.1. The zero-order valence-corrected chi connectivity index (χ0v) is 24.7. The largest absolute Gasteiger partial charge is 0.491 e. The number of halogens is 1. The maximum absolute atomic E-state index is 15.0. The normalized spacial score (nSPS) is 12.1. The van der Waals surface area contributed by atoms with E-state index in [1.807, 2.05) is 24.4 Å². The third kappa shape index (κ3) is 14.9. The fraction of sp³-hybridized carbons (Fsp3) is 0.686. The molecular formula is C35H56FNO. The van der Waals surface area contributed by atoms with Crippen molar-refractivity contribution in [1.29, 1.82) is 0 Å². The molecule has 0 saturated heterocycles. The standard InChI is InChI=1S/C35H56FNO/c1-3-5-7-9-11-13-14-16-18-22-28-38-35-26-25-32(30-34(35)36)31(29-33-24-20-21-27-37-33)23-19-17-15-12-10-8-6-4-2/h20-21,24-27,30-31H,3-19,22-23,28-29H2,1-2H3. The zero-order valence-electron chi connectivity index (χ0n) is 24.7. The van der Waals surface area contributed by atoms with Crippen LogP contribution >= 0.6 is 0 Å². The lowest BCUT2D eigenvalue weighted by molar-refractivity contribution is 0.289. The molecule has 0 bridgehead atoms. The summed E-state index contributed by atoms with van der Waals surface area (Å²) < 4.78 is 20.8. The van der Waals surface area contributed by atoms with E-state index in [9.17, 15) is 0 Å². The third-order valence-corrected chi connectivity index (χ3v) is 7.77. The molecule has 0 aliphatic heterocycles. The van der Waals surface area contributed by atoms with Crippen LogP contribution < -0.4 is 4.74 Å². The Balaban J connectivity index is 1.75. The van der Waals surface area contributed by atoms with E-state index < -0.39 is 0 Å². The Labute approximate surface area is 234 Å². The first-order valence-corrected chi connectivity index (χ1v) is 16.1. The molecular weight excluding hydrogens is 469 g/mol. The van der Waals surface area contributed by atoms with Gasteiger partial charge in [-0.3, -0.25) is 4.98 Å². The lowest BCUT2D eigenvalue weighted by Crippen LogP contribution is -2.06. The minimum absolute atomic E-state index is 0.225. The van der Waals surface area contributed by atoms with Crippen LogP contribution in [0, 0.1) is 5.82 Å². The third-order valence-electron chi connectivity index (χ3n) is 7.77. The van der Waals surface area contributed by atoms with Crippen molar-refractivity contribution in [2.24, 2.45) is 0 Å². The van der Waals surface area contributed by atoms with Gasteiger partial charge in [-0.1, -0.05) is 135 Å². The highest BCUT2D eigenvalue weighted by atomic mass is 19.1. The first-order valence-electron chi connectivity index (χ1n) is 16.1. The molecule has 0 N–H and O–H groups in total. The van der Waals surface area contributed by atoms with Crippen molar-refractivity contribution < 1.29 is 9.13 Å². The summed E-state index contributed by atoms with van der Waals surface area (Å²) in [7, 11) is 0. The van der Waals surface area contributed by atoms with Gasteiger partial charge >= 0.3 is 0 Å². The summed E-state index contributed by atoms with van der Waals surface area (Å²) in [6.45, 7) is 5.13. The number of benzene rings is 1. The number of hydrogen-bond acceptors (Lipinski definition) is 2. The summed E-state index contributed by atoms with van der Waals surface area (Å²) in [5.74, 6) is 0.459. The van der Waals surface area contributed by atoms with Crippen molar-refractivity contribution in [1.82, 2.24) is 4.98 Å². The minimum Gasteiger partial charge on any atom is -0.491 e. The van der Waals surface area contributed by atoms with Crippen LogP contribution in [0.2, 0.25) is 0 Å². The molecule has 0 fully saturated rings. The van der Waals surface area contributed by atoms with Crippen LogP contribution in [-0.4, -0.2) is 11.6 Å². The van der Waals surface area contributed by atoms with Crippen molar-refractivity contribution >= 4 is 0 Å². The van der Waals surface area contributed by atoms with Gasteiger partial charge in [0.2, 0.25) is 0 Å². The first-order chi connectivity index (χ1) is 18.7. The van der Waals surface area contributed by atoms with Crippen molar-refractivity contribution in [3.63, 3.8) is 0 Å². The molecule has 1 heterocycles. The Kier molecular flexibility index (Phi) is 18.7. The van der Waals surface area contributed by atoms with E-state index >= 15 is 4.39 Å². The average molecular weight is 526 g/mol. The number of rotatable bonds is 24. The molecule has 2 nitrogen and oxygen atoms in total. The highest BCUT2D eigenvalue weighted by Crippen LogP contribution is 2.30. The van der Waals surface area contributed by atoms with Gasteiger partial charge in [-0.15, -0.1) is 0 Å². The predicted octanol–water partition coefficient (Wildman–Crippen LogP) is 11.4. The second-order valence-corrected chi connectivity index (χ2v) is 11.2. The average Bonchev–Trinajstić information content (AvgIpc) is 2.93. The van der Waals surface area contributed by atoms with Gasteiger partial charge in [0.1, 0.15) is 0 Å². The lowest BCUT2D eigenvalue weighted by atomic mass is 9.88. The highest BCUT2D eigenvalue weighted by Gasteiger charge is 2.16. The molecule has 0 amide bonds. The quantitative estimate of drug-likeness (QED) is 0.127. The summed E-state index contributed by atoms with van der Waals surface area (Å²) in [6, 6.07) is 11.7.